The molecule has 0 unspecified atom stereocenters. The van der Waals surface area contributed by atoms with E-state index in [1.807, 2.05) is 0 Å². The number of carbonyl (C=O) groups is 3. The van der Waals surface area contributed by atoms with Crippen molar-refractivity contribution >= 4 is 23.3 Å². The first-order chi connectivity index (χ1) is 7.99. The lowest BCUT2D eigenvalue weighted by Crippen LogP contribution is -2.24. The number of hydrogen-bond acceptors (Lipinski definition) is 4. The van der Waals surface area contributed by atoms with Crippen LogP contribution in [0.25, 0.3) is 0 Å². The number of aliphatic carboxylic acids is 1. The summed E-state index contributed by atoms with van der Waals surface area (Å²) in [6.07, 6.45) is -0.436. The van der Waals surface area contributed by atoms with Gasteiger partial charge in [-0.15, -0.1) is 0 Å². The summed E-state index contributed by atoms with van der Waals surface area (Å²) < 4.78 is 0. The third-order valence-electron chi connectivity index (χ3n) is 2.13. The number of carboxylic acid groups (broad SMARTS) is 1. The molecule has 17 heavy (non-hydrogen) atoms. The van der Waals surface area contributed by atoms with Gasteiger partial charge < -0.3 is 15.2 Å². The third-order valence-corrected chi connectivity index (χ3v) is 2.13. The summed E-state index contributed by atoms with van der Waals surface area (Å²) in [4.78, 5) is 32.4. The third kappa shape index (κ3) is 4.46. The smallest absolute Gasteiger partial charge is 0.224 e. The van der Waals surface area contributed by atoms with Gasteiger partial charge in [-0.1, -0.05) is 0 Å². The van der Waals surface area contributed by atoms with Crippen LogP contribution in [-0.2, 0) is 9.59 Å². The van der Waals surface area contributed by atoms with Gasteiger partial charge in [0.25, 0.3) is 0 Å². The molecule has 0 aliphatic heterocycles. The van der Waals surface area contributed by atoms with E-state index in [0.29, 0.717) is 11.3 Å². The summed E-state index contributed by atoms with van der Waals surface area (Å²) in [5, 5.41) is 12.7. The first-order valence-electron chi connectivity index (χ1n) is 5.09. The summed E-state index contributed by atoms with van der Waals surface area (Å²) in [7, 11) is 0. The fraction of sp³-hybridized carbons (Fsp3) is 0.250. The summed E-state index contributed by atoms with van der Waals surface area (Å²) in [6.45, 7) is 1.45. The van der Waals surface area contributed by atoms with Crippen molar-refractivity contribution in [2.45, 2.75) is 19.8 Å². The first-order valence-corrected chi connectivity index (χ1v) is 5.09. The molecule has 1 rings (SSSR count). The number of anilines is 1. The predicted octanol–water partition coefficient (Wildman–Crippen LogP) is 0.358. The zero-order chi connectivity index (χ0) is 12.8. The maximum atomic E-state index is 11.3. The van der Waals surface area contributed by atoms with Crippen molar-refractivity contribution in [1.29, 1.82) is 0 Å². The average molecular weight is 234 g/mol. The average Bonchev–Trinajstić information content (AvgIpc) is 2.27. The van der Waals surface area contributed by atoms with Crippen molar-refractivity contribution in [3.8, 4) is 0 Å². The predicted molar refractivity (Wildman–Crippen MR) is 59.3 cm³/mol. The van der Waals surface area contributed by atoms with Gasteiger partial charge in [0.2, 0.25) is 5.91 Å². The molecule has 0 fully saturated rings. The van der Waals surface area contributed by atoms with Gasteiger partial charge in [0, 0.05) is 23.6 Å². The quantitative estimate of drug-likeness (QED) is 0.745. The van der Waals surface area contributed by atoms with Crippen molar-refractivity contribution in [1.82, 2.24) is 0 Å². The Hall–Kier alpha value is -2.17. The number of hydrogen-bond donors (Lipinski definition) is 1. The standard InChI is InChI=1S/C12H13NO4/c1-8(14)9-2-4-10(5-3-9)13-11(15)6-7-12(16)17/h2-5H,6-7H2,1H3,(H,13,15)(H,16,17)/p-1. The number of benzene rings is 1. The van der Waals surface area contributed by atoms with Crippen LogP contribution in [0.15, 0.2) is 24.3 Å². The molecule has 5 nitrogen and oxygen atoms in total. The second-order valence-corrected chi connectivity index (χ2v) is 3.55. The molecule has 0 bridgehead atoms. The van der Waals surface area contributed by atoms with E-state index in [9.17, 15) is 19.5 Å². The molecule has 0 radical (unpaired) electrons. The van der Waals surface area contributed by atoms with Gasteiger partial charge in [0.05, 0.1) is 0 Å². The molecular formula is C12H12NO4-. The topological polar surface area (TPSA) is 86.3 Å². The molecule has 1 N–H and O–H groups in total. The Balaban J connectivity index is 2.54. The minimum absolute atomic E-state index is 0.0557. The van der Waals surface area contributed by atoms with E-state index < -0.39 is 11.9 Å². The van der Waals surface area contributed by atoms with Gasteiger partial charge in [0.15, 0.2) is 5.78 Å². The molecule has 0 atom stereocenters. The normalized spacial score (nSPS) is 9.71. The molecule has 1 amide bonds. The van der Waals surface area contributed by atoms with Gasteiger partial charge in [-0.25, -0.2) is 0 Å². The highest BCUT2D eigenvalue weighted by molar-refractivity contribution is 5.96. The summed E-state index contributed by atoms with van der Waals surface area (Å²) in [5.74, 6) is -1.71. The van der Waals surface area contributed by atoms with Crippen molar-refractivity contribution < 1.29 is 19.5 Å². The lowest BCUT2D eigenvalue weighted by Gasteiger charge is -2.06. The van der Waals surface area contributed by atoms with Crippen molar-refractivity contribution in [2.24, 2.45) is 0 Å². The largest absolute Gasteiger partial charge is 0.550 e. The highest BCUT2D eigenvalue weighted by Gasteiger charge is 2.03. The van der Waals surface area contributed by atoms with Crippen LogP contribution in [0.4, 0.5) is 5.69 Å². The molecule has 0 heterocycles. The SMILES string of the molecule is CC(=O)c1ccc(NC(=O)CCC(=O)[O-])cc1. The zero-order valence-corrected chi connectivity index (χ0v) is 9.36. The summed E-state index contributed by atoms with van der Waals surface area (Å²) in [6, 6.07) is 6.37. The molecule has 0 aliphatic carbocycles. The summed E-state index contributed by atoms with van der Waals surface area (Å²) >= 11 is 0. The summed E-state index contributed by atoms with van der Waals surface area (Å²) in [5.41, 5.74) is 1.08. The van der Waals surface area contributed by atoms with Crippen molar-refractivity contribution in [3.05, 3.63) is 29.8 Å². The fourth-order valence-electron chi connectivity index (χ4n) is 1.23. The second kappa shape index (κ2) is 5.79. The molecule has 0 saturated heterocycles. The number of rotatable bonds is 5. The van der Waals surface area contributed by atoms with E-state index in [2.05, 4.69) is 5.32 Å². The van der Waals surface area contributed by atoms with Crippen molar-refractivity contribution in [2.75, 3.05) is 5.32 Å². The Labute approximate surface area is 98.4 Å². The number of Topliss-reactive ketones (excluding diaryl/α,β-unsaturated/α-hetero) is 1. The lowest BCUT2D eigenvalue weighted by atomic mass is 10.1. The van der Waals surface area contributed by atoms with Gasteiger partial charge in [-0.2, -0.15) is 0 Å². The maximum absolute atomic E-state index is 11.3. The first kappa shape index (κ1) is 12.9. The van der Waals surface area contributed by atoms with Crippen LogP contribution in [0.1, 0.15) is 30.1 Å². The Morgan fingerprint density at radius 2 is 1.71 bits per heavy atom. The second-order valence-electron chi connectivity index (χ2n) is 3.55. The Morgan fingerprint density at radius 3 is 2.18 bits per heavy atom. The Bertz CT molecular complexity index is 436. The lowest BCUT2D eigenvalue weighted by molar-refractivity contribution is -0.305. The van der Waals surface area contributed by atoms with Crippen LogP contribution in [0.3, 0.4) is 0 Å². The van der Waals surface area contributed by atoms with Crippen molar-refractivity contribution in [3.63, 3.8) is 0 Å². The number of carbonyl (C=O) groups excluding carboxylic acids is 3. The van der Waals surface area contributed by atoms with E-state index >= 15 is 0 Å². The van der Waals surface area contributed by atoms with E-state index in [1.165, 1.54) is 6.92 Å². The van der Waals surface area contributed by atoms with Gasteiger partial charge >= 0.3 is 0 Å². The van der Waals surface area contributed by atoms with Crippen LogP contribution in [0.2, 0.25) is 0 Å². The minimum Gasteiger partial charge on any atom is -0.550 e. The molecule has 0 aromatic heterocycles. The molecule has 0 saturated carbocycles. The Kier molecular flexibility index (Phi) is 4.39. The van der Waals surface area contributed by atoms with Crippen LogP contribution in [0, 0.1) is 0 Å². The monoisotopic (exact) mass is 234 g/mol. The highest BCUT2D eigenvalue weighted by Crippen LogP contribution is 2.10. The molecule has 90 valence electrons. The molecule has 5 heteroatoms. The van der Waals surface area contributed by atoms with Crippen LogP contribution >= 0.6 is 0 Å². The maximum Gasteiger partial charge on any atom is 0.224 e. The van der Waals surface area contributed by atoms with Gasteiger partial charge in [0.1, 0.15) is 0 Å². The number of amides is 1. The highest BCUT2D eigenvalue weighted by atomic mass is 16.4. The molecular weight excluding hydrogens is 222 g/mol. The number of nitrogens with one attached hydrogen (secondary N) is 1. The molecule has 0 aliphatic rings. The van der Waals surface area contributed by atoms with Crippen LogP contribution in [0.5, 0.6) is 0 Å². The van der Waals surface area contributed by atoms with E-state index in [4.69, 9.17) is 0 Å². The van der Waals surface area contributed by atoms with Crippen LogP contribution in [-0.4, -0.2) is 17.7 Å². The Morgan fingerprint density at radius 1 is 1.12 bits per heavy atom. The minimum atomic E-state index is -1.26. The van der Waals surface area contributed by atoms with E-state index in [1.54, 1.807) is 24.3 Å². The molecule has 0 spiro atoms. The number of ketones is 1. The van der Waals surface area contributed by atoms with E-state index in [0.717, 1.165) is 0 Å². The van der Waals surface area contributed by atoms with E-state index in [-0.39, 0.29) is 18.6 Å². The number of carboxylic acids is 1. The fourth-order valence-corrected chi connectivity index (χ4v) is 1.23. The van der Waals surface area contributed by atoms with Gasteiger partial charge in [-0.3, -0.25) is 9.59 Å². The van der Waals surface area contributed by atoms with Gasteiger partial charge in [-0.05, 0) is 37.6 Å². The molecule has 1 aromatic carbocycles. The van der Waals surface area contributed by atoms with Crippen LogP contribution < -0.4 is 10.4 Å². The molecule has 1 aromatic rings. The zero-order valence-electron chi connectivity index (χ0n) is 9.36.